The van der Waals surface area contributed by atoms with E-state index in [1.807, 2.05) is 18.3 Å². The van der Waals surface area contributed by atoms with Gasteiger partial charge in [0.15, 0.2) is 0 Å². The summed E-state index contributed by atoms with van der Waals surface area (Å²) in [5.74, 6) is 0. The summed E-state index contributed by atoms with van der Waals surface area (Å²) in [5.41, 5.74) is 2.44. The molecule has 1 heterocycles. The molecule has 0 spiro atoms. The van der Waals surface area contributed by atoms with Crippen LogP contribution in [0.15, 0.2) is 42.3 Å². The Morgan fingerprint density at radius 1 is 1.54 bits per heavy atom. The van der Waals surface area contributed by atoms with Crippen molar-refractivity contribution < 1.29 is 0 Å². The van der Waals surface area contributed by atoms with Crippen molar-refractivity contribution in [1.29, 1.82) is 0 Å². The van der Waals surface area contributed by atoms with Crippen LogP contribution in [0.5, 0.6) is 0 Å². The third-order valence-electron chi connectivity index (χ3n) is 1.75. The number of hydrogen-bond acceptors (Lipinski definition) is 1. The van der Waals surface area contributed by atoms with Crippen molar-refractivity contribution in [3.63, 3.8) is 0 Å². The van der Waals surface area contributed by atoms with Crippen LogP contribution < -0.4 is 0 Å². The van der Waals surface area contributed by atoms with E-state index in [2.05, 4.69) is 37.1 Å². The molecule has 0 fully saturated rings. The van der Waals surface area contributed by atoms with Crippen LogP contribution in [0.1, 0.15) is 25.8 Å². The number of aromatic nitrogens is 1. The van der Waals surface area contributed by atoms with Gasteiger partial charge < -0.3 is 0 Å². The SMILES string of the molecule is CC/C=C(C)\C=C/c1cccnc1. The van der Waals surface area contributed by atoms with Crippen molar-refractivity contribution in [2.45, 2.75) is 20.3 Å². The minimum absolute atomic E-state index is 1.09. The zero-order chi connectivity index (χ0) is 9.52. The maximum Gasteiger partial charge on any atom is 0.0340 e. The summed E-state index contributed by atoms with van der Waals surface area (Å²) in [6.07, 6.45) is 11.1. The summed E-state index contributed by atoms with van der Waals surface area (Å²) in [6.45, 7) is 4.25. The van der Waals surface area contributed by atoms with Crippen LogP contribution in [0.4, 0.5) is 0 Å². The van der Waals surface area contributed by atoms with Gasteiger partial charge in [-0.2, -0.15) is 0 Å². The molecule has 0 aromatic carbocycles. The van der Waals surface area contributed by atoms with Crippen LogP contribution >= 0.6 is 0 Å². The molecule has 0 saturated heterocycles. The molecule has 0 unspecified atom stereocenters. The minimum Gasteiger partial charge on any atom is -0.264 e. The Kier molecular flexibility index (Phi) is 3.97. The largest absolute Gasteiger partial charge is 0.264 e. The maximum absolute atomic E-state index is 4.04. The molecule has 0 aliphatic carbocycles. The lowest BCUT2D eigenvalue weighted by Crippen LogP contribution is -1.74. The molecule has 1 heteroatoms. The van der Waals surface area contributed by atoms with Gasteiger partial charge in [0.05, 0.1) is 0 Å². The Labute approximate surface area is 79.8 Å². The van der Waals surface area contributed by atoms with E-state index in [-0.39, 0.29) is 0 Å². The van der Waals surface area contributed by atoms with Gasteiger partial charge in [0.1, 0.15) is 0 Å². The van der Waals surface area contributed by atoms with E-state index in [9.17, 15) is 0 Å². The van der Waals surface area contributed by atoms with Gasteiger partial charge in [-0.25, -0.2) is 0 Å². The number of rotatable bonds is 3. The fourth-order valence-electron chi connectivity index (χ4n) is 1.09. The fourth-order valence-corrected chi connectivity index (χ4v) is 1.09. The molecule has 68 valence electrons. The van der Waals surface area contributed by atoms with E-state index in [0.717, 1.165) is 12.0 Å². The normalized spacial score (nSPS) is 12.3. The lowest BCUT2D eigenvalue weighted by atomic mass is 10.2. The zero-order valence-electron chi connectivity index (χ0n) is 8.20. The first-order valence-corrected chi connectivity index (χ1v) is 4.58. The fraction of sp³-hybridized carbons (Fsp3) is 0.250. The number of pyridine rings is 1. The van der Waals surface area contributed by atoms with Crippen molar-refractivity contribution in [3.8, 4) is 0 Å². The lowest BCUT2D eigenvalue weighted by molar-refractivity contribution is 1.20. The Bertz CT molecular complexity index is 296. The van der Waals surface area contributed by atoms with E-state index < -0.39 is 0 Å². The molecule has 0 N–H and O–H groups in total. The Morgan fingerprint density at radius 3 is 3.00 bits per heavy atom. The highest BCUT2D eigenvalue weighted by atomic mass is 14.6. The highest BCUT2D eigenvalue weighted by Crippen LogP contribution is 2.03. The summed E-state index contributed by atoms with van der Waals surface area (Å²) in [4.78, 5) is 4.04. The molecule has 0 aliphatic rings. The second-order valence-electron chi connectivity index (χ2n) is 2.98. The number of allylic oxidation sites excluding steroid dienone is 3. The summed E-state index contributed by atoms with van der Waals surface area (Å²) in [7, 11) is 0. The first kappa shape index (κ1) is 9.72. The highest BCUT2D eigenvalue weighted by molar-refractivity contribution is 5.51. The zero-order valence-corrected chi connectivity index (χ0v) is 8.20. The van der Waals surface area contributed by atoms with Crippen LogP contribution in [0.3, 0.4) is 0 Å². The Morgan fingerprint density at radius 2 is 2.38 bits per heavy atom. The maximum atomic E-state index is 4.04. The van der Waals surface area contributed by atoms with Gasteiger partial charge in [0.2, 0.25) is 0 Å². The van der Waals surface area contributed by atoms with Gasteiger partial charge >= 0.3 is 0 Å². The molecule has 1 aromatic rings. The third-order valence-corrected chi connectivity index (χ3v) is 1.75. The molecule has 0 saturated carbocycles. The average Bonchev–Trinajstić information content (AvgIpc) is 2.17. The first-order valence-electron chi connectivity index (χ1n) is 4.58. The van der Waals surface area contributed by atoms with Gasteiger partial charge in [0, 0.05) is 12.4 Å². The van der Waals surface area contributed by atoms with Crippen molar-refractivity contribution in [3.05, 3.63) is 47.8 Å². The lowest BCUT2D eigenvalue weighted by Gasteiger charge is -1.91. The molecule has 0 radical (unpaired) electrons. The van der Waals surface area contributed by atoms with Gasteiger partial charge in [-0.3, -0.25) is 4.98 Å². The molecular formula is C12H15N. The molecule has 0 atom stereocenters. The monoisotopic (exact) mass is 173 g/mol. The van der Waals surface area contributed by atoms with Gasteiger partial charge in [-0.1, -0.05) is 36.8 Å². The molecule has 0 amide bonds. The van der Waals surface area contributed by atoms with Crippen LogP contribution in [0.2, 0.25) is 0 Å². The van der Waals surface area contributed by atoms with Crippen molar-refractivity contribution in [1.82, 2.24) is 4.98 Å². The quantitative estimate of drug-likeness (QED) is 0.638. The summed E-state index contributed by atoms with van der Waals surface area (Å²) in [6, 6.07) is 3.99. The van der Waals surface area contributed by atoms with E-state index in [4.69, 9.17) is 0 Å². The van der Waals surface area contributed by atoms with Gasteiger partial charge in [-0.05, 0) is 25.0 Å². The van der Waals surface area contributed by atoms with Crippen molar-refractivity contribution in [2.75, 3.05) is 0 Å². The van der Waals surface area contributed by atoms with E-state index >= 15 is 0 Å². The average molecular weight is 173 g/mol. The molecule has 1 nitrogen and oxygen atoms in total. The van der Waals surface area contributed by atoms with Crippen LogP contribution in [0, 0.1) is 0 Å². The van der Waals surface area contributed by atoms with Gasteiger partial charge in [-0.15, -0.1) is 0 Å². The van der Waals surface area contributed by atoms with Crippen molar-refractivity contribution >= 4 is 6.08 Å². The molecule has 0 aliphatic heterocycles. The van der Waals surface area contributed by atoms with Gasteiger partial charge in [0.25, 0.3) is 0 Å². The van der Waals surface area contributed by atoms with E-state index in [0.29, 0.717) is 0 Å². The van der Waals surface area contributed by atoms with Crippen molar-refractivity contribution in [2.24, 2.45) is 0 Å². The predicted molar refractivity (Wildman–Crippen MR) is 57.3 cm³/mol. The minimum atomic E-state index is 1.09. The second-order valence-corrected chi connectivity index (χ2v) is 2.98. The molecule has 0 bridgehead atoms. The number of hydrogen-bond donors (Lipinski definition) is 0. The van der Waals surface area contributed by atoms with Crippen LogP contribution in [-0.4, -0.2) is 4.98 Å². The summed E-state index contributed by atoms with van der Waals surface area (Å²) >= 11 is 0. The Balaban J connectivity index is 2.64. The molecule has 1 aromatic heterocycles. The number of nitrogens with zero attached hydrogens (tertiary/aromatic N) is 1. The first-order chi connectivity index (χ1) is 6.33. The Hall–Kier alpha value is -1.37. The van der Waals surface area contributed by atoms with E-state index in [1.54, 1.807) is 6.20 Å². The third kappa shape index (κ3) is 3.70. The molecule has 1 rings (SSSR count). The topological polar surface area (TPSA) is 12.9 Å². The standard InChI is InChI=1S/C12H15N/c1-3-5-11(2)7-8-12-6-4-9-13-10-12/h4-10H,3H2,1-2H3/b8-7-,11-5-. The van der Waals surface area contributed by atoms with E-state index in [1.165, 1.54) is 5.57 Å². The van der Waals surface area contributed by atoms with Crippen LogP contribution in [0.25, 0.3) is 6.08 Å². The van der Waals surface area contributed by atoms with Crippen LogP contribution in [-0.2, 0) is 0 Å². The molecular weight excluding hydrogens is 158 g/mol. The predicted octanol–water partition coefficient (Wildman–Crippen LogP) is 3.45. The summed E-state index contributed by atoms with van der Waals surface area (Å²) in [5, 5.41) is 0. The second kappa shape index (κ2) is 5.31. The smallest absolute Gasteiger partial charge is 0.0340 e. The summed E-state index contributed by atoms with van der Waals surface area (Å²) < 4.78 is 0. The highest BCUT2D eigenvalue weighted by Gasteiger charge is 1.83. The molecule has 13 heavy (non-hydrogen) atoms.